The van der Waals surface area contributed by atoms with E-state index in [1.54, 1.807) is 22.9 Å². The largest absolute Gasteiger partial charge is 0.454 e. The van der Waals surface area contributed by atoms with E-state index in [-0.39, 0.29) is 18.4 Å². The lowest BCUT2D eigenvalue weighted by Crippen LogP contribution is -2.25. The molecule has 0 bridgehead atoms. The van der Waals surface area contributed by atoms with Crippen molar-refractivity contribution >= 4 is 11.6 Å². The number of aryl methyl sites for hydroxylation is 2. The lowest BCUT2D eigenvalue weighted by Gasteiger charge is -2.11. The fraction of sp³-hybridized carbons (Fsp3) is 0.154. The van der Waals surface area contributed by atoms with Gasteiger partial charge in [-0.1, -0.05) is 23.8 Å². The second kappa shape index (κ2) is 8.94. The number of nitrogens with zero attached hydrogens (tertiary/aromatic N) is 3. The maximum absolute atomic E-state index is 13.3. The quantitative estimate of drug-likeness (QED) is 0.323. The molecule has 1 amide bonds. The Kier molecular flexibility index (Phi) is 5.66. The van der Waals surface area contributed by atoms with Gasteiger partial charge in [-0.15, -0.1) is 0 Å². The summed E-state index contributed by atoms with van der Waals surface area (Å²) in [7, 11) is 0. The Hall–Kier alpha value is -4.66. The van der Waals surface area contributed by atoms with Gasteiger partial charge in [0.05, 0.1) is 16.3 Å². The third-order valence-corrected chi connectivity index (χ3v) is 5.79. The van der Waals surface area contributed by atoms with E-state index in [1.807, 2.05) is 50.2 Å². The van der Waals surface area contributed by atoms with Gasteiger partial charge in [0.1, 0.15) is 5.69 Å². The monoisotopic (exact) mass is 470 g/mol. The van der Waals surface area contributed by atoms with Crippen LogP contribution in [-0.4, -0.2) is 27.4 Å². The number of nitro groups is 1. The minimum Gasteiger partial charge on any atom is -0.454 e. The van der Waals surface area contributed by atoms with E-state index in [4.69, 9.17) is 9.47 Å². The molecule has 35 heavy (non-hydrogen) atoms. The first-order valence-corrected chi connectivity index (χ1v) is 11.0. The molecule has 1 aromatic heterocycles. The normalized spacial score (nSPS) is 11.9. The van der Waals surface area contributed by atoms with Gasteiger partial charge in [-0.3, -0.25) is 14.9 Å². The fourth-order valence-electron chi connectivity index (χ4n) is 3.99. The van der Waals surface area contributed by atoms with Crippen molar-refractivity contribution in [2.24, 2.45) is 0 Å². The van der Waals surface area contributed by atoms with Crippen LogP contribution in [0.4, 0.5) is 5.69 Å². The van der Waals surface area contributed by atoms with E-state index in [9.17, 15) is 14.9 Å². The summed E-state index contributed by atoms with van der Waals surface area (Å²) in [5.41, 5.74) is 5.26. The molecule has 0 saturated carbocycles. The van der Waals surface area contributed by atoms with Gasteiger partial charge in [0, 0.05) is 24.2 Å². The Morgan fingerprint density at radius 1 is 1.03 bits per heavy atom. The zero-order valence-electron chi connectivity index (χ0n) is 19.1. The molecule has 0 radical (unpaired) electrons. The van der Waals surface area contributed by atoms with E-state index >= 15 is 0 Å². The SMILES string of the molecule is Cc1ccc(-n2nc(-c3ccc([N+](=O)[O-])cc3)cc2C(=O)NCc2ccc3c(c2)OCO3)c(C)c1. The van der Waals surface area contributed by atoms with Gasteiger partial charge in [0.25, 0.3) is 11.6 Å². The highest BCUT2D eigenvalue weighted by molar-refractivity contribution is 5.94. The molecule has 0 spiro atoms. The van der Waals surface area contributed by atoms with Gasteiger partial charge in [0.15, 0.2) is 11.5 Å². The van der Waals surface area contributed by atoms with Crippen LogP contribution in [0.2, 0.25) is 0 Å². The van der Waals surface area contributed by atoms with E-state index < -0.39 is 4.92 Å². The van der Waals surface area contributed by atoms with Gasteiger partial charge in [0.2, 0.25) is 6.79 Å². The third-order valence-electron chi connectivity index (χ3n) is 5.79. The number of rotatable bonds is 6. The van der Waals surface area contributed by atoms with Crippen molar-refractivity contribution in [1.82, 2.24) is 15.1 Å². The highest BCUT2D eigenvalue weighted by atomic mass is 16.7. The molecule has 1 aliphatic rings. The average molecular weight is 470 g/mol. The number of hydrogen-bond acceptors (Lipinski definition) is 6. The molecule has 0 saturated heterocycles. The van der Waals surface area contributed by atoms with Crippen LogP contribution in [0.25, 0.3) is 16.9 Å². The Balaban J connectivity index is 1.47. The Labute approximate surface area is 201 Å². The first-order valence-electron chi connectivity index (χ1n) is 11.0. The zero-order valence-corrected chi connectivity index (χ0v) is 19.1. The van der Waals surface area contributed by atoms with Crippen LogP contribution in [0.3, 0.4) is 0 Å². The number of ether oxygens (including phenoxy) is 2. The van der Waals surface area contributed by atoms with Crippen LogP contribution in [0, 0.1) is 24.0 Å². The number of aromatic nitrogens is 2. The third kappa shape index (κ3) is 4.43. The van der Waals surface area contributed by atoms with Crippen molar-refractivity contribution in [3.63, 3.8) is 0 Å². The predicted octanol–water partition coefficient (Wildman–Crippen LogP) is 4.72. The molecule has 9 heteroatoms. The summed E-state index contributed by atoms with van der Waals surface area (Å²) in [5.74, 6) is 1.03. The summed E-state index contributed by atoms with van der Waals surface area (Å²) >= 11 is 0. The van der Waals surface area contributed by atoms with Crippen molar-refractivity contribution in [2.45, 2.75) is 20.4 Å². The fourth-order valence-corrected chi connectivity index (χ4v) is 3.99. The molecule has 1 N–H and O–H groups in total. The second-order valence-corrected chi connectivity index (χ2v) is 8.29. The number of hydrogen-bond donors (Lipinski definition) is 1. The van der Waals surface area contributed by atoms with Crippen molar-refractivity contribution < 1.29 is 19.2 Å². The number of nitrogens with one attached hydrogen (secondary N) is 1. The van der Waals surface area contributed by atoms with Gasteiger partial charge in [-0.25, -0.2) is 4.68 Å². The number of nitro benzene ring substituents is 1. The Bertz CT molecular complexity index is 1440. The summed E-state index contributed by atoms with van der Waals surface area (Å²) in [6.07, 6.45) is 0. The summed E-state index contributed by atoms with van der Waals surface area (Å²) in [6.45, 7) is 4.44. The number of fused-ring (bicyclic) bond motifs is 1. The molecular weight excluding hydrogens is 448 g/mol. The number of amides is 1. The molecule has 4 aromatic rings. The summed E-state index contributed by atoms with van der Waals surface area (Å²) < 4.78 is 12.4. The van der Waals surface area contributed by atoms with Crippen LogP contribution in [0.1, 0.15) is 27.2 Å². The molecule has 3 aromatic carbocycles. The zero-order chi connectivity index (χ0) is 24.5. The molecule has 5 rings (SSSR count). The van der Waals surface area contributed by atoms with Crippen molar-refractivity contribution in [3.8, 4) is 28.4 Å². The van der Waals surface area contributed by atoms with Crippen LogP contribution < -0.4 is 14.8 Å². The maximum atomic E-state index is 13.3. The molecule has 176 valence electrons. The molecule has 0 fully saturated rings. The number of carbonyl (C=O) groups is 1. The number of benzene rings is 3. The topological polar surface area (TPSA) is 109 Å². The van der Waals surface area contributed by atoms with Gasteiger partial charge in [-0.2, -0.15) is 5.10 Å². The minimum absolute atomic E-state index is 0.00995. The summed E-state index contributed by atoms with van der Waals surface area (Å²) in [5, 5.41) is 18.7. The lowest BCUT2D eigenvalue weighted by atomic mass is 10.1. The molecular formula is C26H22N4O5. The van der Waals surface area contributed by atoms with E-state index in [1.165, 1.54) is 12.1 Å². The Morgan fingerprint density at radius 3 is 2.54 bits per heavy atom. The standard InChI is InChI=1S/C26H22N4O5/c1-16-3-9-22(17(2)11-16)29-23(13-21(28-29)19-5-7-20(8-6-19)30(32)33)26(31)27-14-18-4-10-24-25(12-18)35-15-34-24/h3-13H,14-15H2,1-2H3,(H,27,31). The molecule has 0 unspecified atom stereocenters. The molecule has 1 aliphatic heterocycles. The number of non-ortho nitro benzene ring substituents is 1. The van der Waals surface area contributed by atoms with Gasteiger partial charge in [-0.05, 0) is 61.4 Å². The predicted molar refractivity (Wildman–Crippen MR) is 129 cm³/mol. The van der Waals surface area contributed by atoms with Crippen molar-refractivity contribution in [2.75, 3.05) is 6.79 Å². The number of carbonyl (C=O) groups excluding carboxylic acids is 1. The van der Waals surface area contributed by atoms with Crippen LogP contribution in [0.15, 0.2) is 66.7 Å². The molecule has 2 heterocycles. The highest BCUT2D eigenvalue weighted by Crippen LogP contribution is 2.32. The summed E-state index contributed by atoms with van der Waals surface area (Å²) in [4.78, 5) is 23.9. The first kappa shape index (κ1) is 22.1. The van der Waals surface area contributed by atoms with Gasteiger partial charge >= 0.3 is 0 Å². The van der Waals surface area contributed by atoms with Gasteiger partial charge < -0.3 is 14.8 Å². The summed E-state index contributed by atoms with van der Waals surface area (Å²) in [6, 6.07) is 19.2. The molecule has 9 nitrogen and oxygen atoms in total. The maximum Gasteiger partial charge on any atom is 0.270 e. The van der Waals surface area contributed by atoms with Crippen molar-refractivity contribution in [1.29, 1.82) is 0 Å². The second-order valence-electron chi connectivity index (χ2n) is 8.29. The molecule has 0 aliphatic carbocycles. The minimum atomic E-state index is -0.451. The molecule has 0 atom stereocenters. The van der Waals surface area contributed by atoms with Crippen LogP contribution in [-0.2, 0) is 6.54 Å². The van der Waals surface area contributed by atoms with Crippen molar-refractivity contribution in [3.05, 3.63) is 99.2 Å². The van der Waals surface area contributed by atoms with Crippen LogP contribution >= 0.6 is 0 Å². The average Bonchev–Trinajstić information content (AvgIpc) is 3.50. The first-order chi connectivity index (χ1) is 16.9. The lowest BCUT2D eigenvalue weighted by molar-refractivity contribution is -0.384. The highest BCUT2D eigenvalue weighted by Gasteiger charge is 2.20. The Morgan fingerprint density at radius 2 is 1.80 bits per heavy atom. The van der Waals surface area contributed by atoms with Crippen LogP contribution in [0.5, 0.6) is 11.5 Å². The van der Waals surface area contributed by atoms with E-state index in [2.05, 4.69) is 10.4 Å². The van der Waals surface area contributed by atoms with E-state index in [0.29, 0.717) is 35.0 Å². The van der Waals surface area contributed by atoms with E-state index in [0.717, 1.165) is 22.4 Å². The smallest absolute Gasteiger partial charge is 0.270 e.